The zero-order valence-corrected chi connectivity index (χ0v) is 24.3. The Labute approximate surface area is 238 Å². The lowest BCUT2D eigenvalue weighted by Gasteiger charge is -2.59. The number of aliphatic hydroxyl groups is 2. The van der Waals surface area contributed by atoms with Crippen molar-refractivity contribution in [1.29, 1.82) is 0 Å². The topological polar surface area (TPSA) is 143 Å². The highest BCUT2D eigenvalue weighted by molar-refractivity contribution is 6.25. The van der Waals surface area contributed by atoms with E-state index in [2.05, 4.69) is 0 Å². The minimum absolute atomic E-state index is 0.0558. The number of ether oxygens (including phenoxy) is 3. The van der Waals surface area contributed by atoms with Gasteiger partial charge in [0.2, 0.25) is 5.78 Å². The highest BCUT2D eigenvalue weighted by Gasteiger charge is 2.58. The first kappa shape index (κ1) is 29.1. The molecule has 1 fully saturated rings. The average Bonchev–Trinajstić information content (AvgIpc) is 2.95. The van der Waals surface area contributed by atoms with Crippen molar-refractivity contribution in [3.8, 4) is 0 Å². The molecular weight excluding hydrogens is 532 g/mol. The first-order chi connectivity index (χ1) is 19.4. The van der Waals surface area contributed by atoms with Gasteiger partial charge in [-0.25, -0.2) is 4.79 Å². The van der Waals surface area contributed by atoms with Crippen LogP contribution in [0.3, 0.4) is 0 Å². The van der Waals surface area contributed by atoms with Crippen molar-refractivity contribution >= 4 is 23.3 Å². The average molecular weight is 569 g/mol. The van der Waals surface area contributed by atoms with Gasteiger partial charge >= 0.3 is 5.97 Å². The van der Waals surface area contributed by atoms with Crippen LogP contribution >= 0.6 is 0 Å². The number of rotatable bonds is 5. The molecular formula is C30H36N2O9. The van der Waals surface area contributed by atoms with Crippen molar-refractivity contribution in [2.45, 2.75) is 70.5 Å². The number of Topliss-reactive ketones (excluding diaryl/α,β-unsaturated/α-hetero) is 3. The van der Waals surface area contributed by atoms with Crippen LogP contribution in [0, 0.1) is 0 Å². The predicted molar refractivity (Wildman–Crippen MR) is 145 cm³/mol. The van der Waals surface area contributed by atoms with E-state index in [1.54, 1.807) is 40.8 Å². The Hall–Kier alpha value is -3.38. The molecule has 0 aromatic heterocycles. The van der Waals surface area contributed by atoms with Gasteiger partial charge < -0.3 is 24.4 Å². The largest absolute Gasteiger partial charge is 0.498 e. The third-order valence-corrected chi connectivity index (χ3v) is 9.35. The molecule has 2 aliphatic carbocycles. The van der Waals surface area contributed by atoms with Crippen LogP contribution in [-0.2, 0) is 33.4 Å². The molecule has 2 bridgehead atoms. The number of carbonyl (C=O) groups is 4. The summed E-state index contributed by atoms with van der Waals surface area (Å²) in [7, 11) is 4.51. The highest BCUT2D eigenvalue weighted by Crippen LogP contribution is 2.47. The number of allylic oxidation sites excluding steroid dienone is 3. The molecule has 0 aromatic rings. The van der Waals surface area contributed by atoms with E-state index in [0.717, 1.165) is 0 Å². The van der Waals surface area contributed by atoms with Gasteiger partial charge in [-0.3, -0.25) is 24.2 Å². The van der Waals surface area contributed by atoms with Crippen LogP contribution in [0.5, 0.6) is 0 Å². The van der Waals surface area contributed by atoms with Crippen LogP contribution in [0.4, 0.5) is 0 Å². The summed E-state index contributed by atoms with van der Waals surface area (Å²) < 4.78 is 16.4. The van der Waals surface area contributed by atoms with E-state index in [9.17, 15) is 29.4 Å². The van der Waals surface area contributed by atoms with Crippen molar-refractivity contribution < 1.29 is 43.6 Å². The monoisotopic (exact) mass is 568 g/mol. The maximum Gasteiger partial charge on any atom is 0.333 e. The summed E-state index contributed by atoms with van der Waals surface area (Å²) in [5.74, 6) is -1.57. The third-order valence-electron chi connectivity index (χ3n) is 9.35. The zero-order valence-electron chi connectivity index (χ0n) is 24.3. The molecule has 11 nitrogen and oxygen atoms in total. The quantitative estimate of drug-likeness (QED) is 0.272. The molecule has 0 aromatic carbocycles. The Bertz CT molecular complexity index is 1410. The van der Waals surface area contributed by atoms with Gasteiger partial charge in [0, 0.05) is 46.0 Å². The van der Waals surface area contributed by atoms with Gasteiger partial charge in [-0.15, -0.1) is 0 Å². The second kappa shape index (κ2) is 10.5. The molecule has 2 unspecified atom stereocenters. The molecule has 5 rings (SSSR count). The van der Waals surface area contributed by atoms with Gasteiger partial charge in [-0.2, -0.15) is 0 Å². The Morgan fingerprint density at radius 2 is 1.73 bits per heavy atom. The highest BCUT2D eigenvalue weighted by atomic mass is 16.5. The minimum atomic E-state index is -1.29. The van der Waals surface area contributed by atoms with Crippen LogP contribution in [0.1, 0.15) is 34.1 Å². The van der Waals surface area contributed by atoms with Crippen LogP contribution in [-0.4, -0.2) is 114 Å². The number of nitrogens with zero attached hydrogens (tertiary/aromatic N) is 2. The second-order valence-corrected chi connectivity index (χ2v) is 11.2. The summed E-state index contributed by atoms with van der Waals surface area (Å²) in [5.41, 5.74) is 1.92. The first-order valence-corrected chi connectivity index (χ1v) is 13.6. The summed E-state index contributed by atoms with van der Waals surface area (Å²) in [6.07, 6.45) is -0.766. The van der Waals surface area contributed by atoms with E-state index < -0.39 is 48.1 Å². The number of methoxy groups -OCH3 is 2. The first-order valence-electron chi connectivity index (χ1n) is 13.6. The number of esters is 1. The predicted octanol–water partition coefficient (Wildman–Crippen LogP) is 0.525. The third kappa shape index (κ3) is 4.09. The Balaban J connectivity index is 1.66. The second-order valence-electron chi connectivity index (χ2n) is 11.2. The van der Waals surface area contributed by atoms with E-state index in [0.29, 0.717) is 22.3 Å². The molecule has 3 aliphatic heterocycles. The summed E-state index contributed by atoms with van der Waals surface area (Å²) in [6, 6.07) is -2.65. The molecule has 1 saturated heterocycles. The maximum atomic E-state index is 13.9. The molecule has 0 radical (unpaired) electrons. The maximum absolute atomic E-state index is 13.9. The smallest absolute Gasteiger partial charge is 0.333 e. The fraction of sp³-hybridized carbons (Fsp3) is 0.533. The minimum Gasteiger partial charge on any atom is -0.498 e. The van der Waals surface area contributed by atoms with Gasteiger partial charge in [-0.05, 0) is 46.7 Å². The van der Waals surface area contributed by atoms with Crippen LogP contribution < -0.4 is 0 Å². The molecule has 5 aliphatic rings. The van der Waals surface area contributed by atoms with Gasteiger partial charge in [-0.1, -0.05) is 6.08 Å². The number of aliphatic hydroxyl groups excluding tert-OH is 2. The lowest BCUT2D eigenvalue weighted by atomic mass is 9.68. The van der Waals surface area contributed by atoms with E-state index >= 15 is 0 Å². The lowest BCUT2D eigenvalue weighted by Crippen LogP contribution is -2.73. The zero-order chi connectivity index (χ0) is 30.1. The Morgan fingerprint density at radius 3 is 2.34 bits per heavy atom. The number of hydrogen-bond acceptors (Lipinski definition) is 11. The van der Waals surface area contributed by atoms with E-state index in [1.807, 2.05) is 9.80 Å². The molecule has 3 heterocycles. The standard InChI is InChI=1S/C30H36N2O9/c1-8-12(2)30(38)41-11-18-19-15(23(33)13(3)28(39-6)26(19)36)9-16-22-20-21(24(34)14(4)29(40-7)27(20)37)25(35)17(31(22)5)10-32(16)18/h8,16-18,22,24,27,34,37H,9-11H2,1-7H3/b12-8-/t16-,17+,18+,22-,24?,27?/m1/s1. The van der Waals surface area contributed by atoms with E-state index in [1.165, 1.54) is 14.2 Å². The molecule has 0 spiro atoms. The fourth-order valence-corrected chi connectivity index (χ4v) is 7.08. The SMILES string of the molecule is C/C=C(/C)C(=O)OC[C@H]1C2=C(C[C@@H]3[C@@H]4C5=C(C(=O)[C@H](CN31)N4C)C(O)C(C)=C(OC)C5O)C(=O)C(C)=C(OC)C2=O. The van der Waals surface area contributed by atoms with Crippen LogP contribution in [0.2, 0.25) is 0 Å². The number of ketones is 3. The fourth-order valence-electron chi connectivity index (χ4n) is 7.08. The molecule has 41 heavy (non-hydrogen) atoms. The number of piperazine rings is 1. The van der Waals surface area contributed by atoms with Crippen molar-refractivity contribution in [2.24, 2.45) is 0 Å². The molecule has 6 atom stereocenters. The summed E-state index contributed by atoms with van der Waals surface area (Å²) in [4.78, 5) is 57.7. The van der Waals surface area contributed by atoms with Crippen LogP contribution in [0.15, 0.2) is 56.6 Å². The van der Waals surface area contributed by atoms with Crippen molar-refractivity contribution in [1.82, 2.24) is 9.80 Å². The Morgan fingerprint density at radius 1 is 1.05 bits per heavy atom. The van der Waals surface area contributed by atoms with E-state index in [-0.39, 0.29) is 59.4 Å². The molecule has 220 valence electrons. The summed E-state index contributed by atoms with van der Waals surface area (Å²) >= 11 is 0. The van der Waals surface area contributed by atoms with E-state index in [4.69, 9.17) is 14.2 Å². The Kier molecular flexibility index (Phi) is 7.44. The number of likely N-dealkylation sites (N-methyl/N-ethyl adjacent to an activating group) is 1. The molecule has 0 saturated carbocycles. The molecule has 0 amide bonds. The number of carbonyl (C=O) groups excluding carboxylic acids is 4. The van der Waals surface area contributed by atoms with Gasteiger partial charge in [0.05, 0.1) is 32.3 Å². The summed E-state index contributed by atoms with van der Waals surface area (Å²) in [6.45, 7) is 6.42. The molecule has 11 heteroatoms. The number of fused-ring (bicyclic) bond motifs is 5. The van der Waals surface area contributed by atoms with Crippen molar-refractivity contribution in [2.75, 3.05) is 34.4 Å². The van der Waals surface area contributed by atoms with Gasteiger partial charge in [0.25, 0.3) is 0 Å². The normalized spacial score (nSPS) is 32.7. The summed E-state index contributed by atoms with van der Waals surface area (Å²) in [5, 5.41) is 22.7. The van der Waals surface area contributed by atoms with Crippen LogP contribution in [0.25, 0.3) is 0 Å². The van der Waals surface area contributed by atoms with Crippen molar-refractivity contribution in [3.05, 3.63) is 56.6 Å². The number of hydrogen-bond donors (Lipinski definition) is 2. The van der Waals surface area contributed by atoms with Crippen molar-refractivity contribution in [3.63, 3.8) is 0 Å². The van der Waals surface area contributed by atoms with Gasteiger partial charge in [0.1, 0.15) is 24.6 Å². The lowest BCUT2D eigenvalue weighted by molar-refractivity contribution is -0.144. The molecule has 2 N–H and O–H groups in total. The van der Waals surface area contributed by atoms with Gasteiger partial charge in [0.15, 0.2) is 17.3 Å².